The van der Waals surface area contributed by atoms with Crippen molar-refractivity contribution in [1.82, 2.24) is 14.3 Å². The number of imidazole rings is 1. The molecule has 1 aliphatic rings. The molecule has 0 radical (unpaired) electrons. The molecule has 0 N–H and O–H groups in total. The van der Waals surface area contributed by atoms with Crippen molar-refractivity contribution < 1.29 is 9.53 Å². The van der Waals surface area contributed by atoms with E-state index < -0.39 is 0 Å². The Hall–Kier alpha value is -2.56. The molecule has 1 aliphatic heterocycles. The lowest BCUT2D eigenvalue weighted by Crippen LogP contribution is -2.44. The number of aryl methyl sites for hydroxylation is 1. The summed E-state index contributed by atoms with van der Waals surface area (Å²) in [6.45, 7) is 6.31. The van der Waals surface area contributed by atoms with Gasteiger partial charge in [0, 0.05) is 13.1 Å². The molecule has 138 valence electrons. The van der Waals surface area contributed by atoms with Crippen LogP contribution >= 0.6 is 11.8 Å². The Labute approximate surface area is 161 Å². The predicted molar refractivity (Wildman–Crippen MR) is 105 cm³/mol. The van der Waals surface area contributed by atoms with E-state index in [2.05, 4.69) is 11.1 Å². The van der Waals surface area contributed by atoms with Gasteiger partial charge in [0.25, 0.3) is 0 Å². The summed E-state index contributed by atoms with van der Waals surface area (Å²) in [6, 6.07) is 12.1. The summed E-state index contributed by atoms with van der Waals surface area (Å²) in [5.41, 5.74) is 3.87. The van der Waals surface area contributed by atoms with Gasteiger partial charge in [-0.1, -0.05) is 23.9 Å². The molecule has 0 saturated carbocycles. The predicted octanol–water partition coefficient (Wildman–Crippen LogP) is 3.01. The zero-order valence-electron chi connectivity index (χ0n) is 15.3. The van der Waals surface area contributed by atoms with Gasteiger partial charge >= 0.3 is 0 Å². The van der Waals surface area contributed by atoms with Crippen molar-refractivity contribution in [3.05, 3.63) is 41.5 Å². The number of aromatic nitrogens is 2. The van der Waals surface area contributed by atoms with Crippen molar-refractivity contribution in [3.8, 4) is 6.07 Å². The number of benzene rings is 1. The molecule has 4 rings (SSSR count). The van der Waals surface area contributed by atoms with Crippen LogP contribution < -0.4 is 0 Å². The van der Waals surface area contributed by atoms with Crippen LogP contribution in [0, 0.1) is 18.3 Å². The molecule has 1 aromatic carbocycles. The van der Waals surface area contributed by atoms with Crippen molar-refractivity contribution in [1.29, 1.82) is 5.26 Å². The number of amides is 1. The number of hydrogen-bond donors (Lipinski definition) is 0. The normalized spacial score (nSPS) is 15.8. The molecule has 6 nitrogen and oxygen atoms in total. The number of para-hydroxylation sites is 2. The highest BCUT2D eigenvalue weighted by molar-refractivity contribution is 8.00. The van der Waals surface area contributed by atoms with E-state index >= 15 is 0 Å². The quantitative estimate of drug-likeness (QED) is 0.653. The first-order chi connectivity index (χ1) is 13.1. The van der Waals surface area contributed by atoms with E-state index in [9.17, 15) is 10.1 Å². The molecular weight excluding hydrogens is 360 g/mol. The Morgan fingerprint density at radius 1 is 1.33 bits per heavy atom. The highest BCUT2D eigenvalue weighted by atomic mass is 32.2. The van der Waals surface area contributed by atoms with Crippen molar-refractivity contribution in [2.75, 3.05) is 26.3 Å². The third kappa shape index (κ3) is 3.15. The maximum absolute atomic E-state index is 12.8. The number of hydrogen-bond acceptors (Lipinski definition) is 5. The Balaban J connectivity index is 1.77. The van der Waals surface area contributed by atoms with Crippen LogP contribution in [0.25, 0.3) is 16.7 Å². The highest BCUT2D eigenvalue weighted by Gasteiger charge is 2.25. The number of thioether (sulfide) groups is 1. The van der Waals surface area contributed by atoms with Crippen LogP contribution in [0.4, 0.5) is 0 Å². The zero-order valence-corrected chi connectivity index (χ0v) is 16.1. The molecule has 3 aromatic rings. The second-order valence-corrected chi connectivity index (χ2v) is 7.97. The van der Waals surface area contributed by atoms with Crippen LogP contribution in [-0.4, -0.2) is 51.7 Å². The molecule has 27 heavy (non-hydrogen) atoms. The summed E-state index contributed by atoms with van der Waals surface area (Å²) in [6.07, 6.45) is 0. The first-order valence-corrected chi connectivity index (χ1v) is 9.82. The fourth-order valence-electron chi connectivity index (χ4n) is 3.41. The Morgan fingerprint density at radius 2 is 2.07 bits per heavy atom. The topological polar surface area (TPSA) is 70.6 Å². The molecule has 0 aliphatic carbocycles. The Morgan fingerprint density at radius 3 is 2.81 bits per heavy atom. The molecular formula is C20H20N4O2S. The van der Waals surface area contributed by atoms with E-state index in [4.69, 9.17) is 4.74 Å². The summed E-state index contributed by atoms with van der Waals surface area (Å²) in [5, 5.41) is 10.3. The smallest absolute Gasteiger partial charge is 0.235 e. The highest BCUT2D eigenvalue weighted by Crippen LogP contribution is 2.32. The van der Waals surface area contributed by atoms with E-state index in [1.54, 1.807) is 0 Å². The maximum Gasteiger partial charge on any atom is 0.235 e. The van der Waals surface area contributed by atoms with Crippen LogP contribution in [0.3, 0.4) is 0 Å². The lowest BCUT2D eigenvalue weighted by Gasteiger charge is -2.29. The molecule has 0 bridgehead atoms. The number of ether oxygens (including phenoxy) is 1. The fourth-order valence-corrected chi connectivity index (χ4v) is 4.56. The minimum Gasteiger partial charge on any atom is -0.378 e. The third-order valence-corrected chi connectivity index (χ3v) is 5.92. The van der Waals surface area contributed by atoms with Crippen LogP contribution in [0.2, 0.25) is 0 Å². The summed E-state index contributed by atoms with van der Waals surface area (Å²) < 4.78 is 7.34. The first kappa shape index (κ1) is 17.8. The molecule has 1 saturated heterocycles. The van der Waals surface area contributed by atoms with Gasteiger partial charge in [-0.25, -0.2) is 4.98 Å². The lowest BCUT2D eigenvalue weighted by molar-refractivity contribution is -0.134. The SMILES string of the molecule is Cc1cc(S[C@H](C)C(=O)N2CCOCC2)n2c(nc3ccccc32)c1C#N. The van der Waals surface area contributed by atoms with Crippen molar-refractivity contribution >= 4 is 34.3 Å². The van der Waals surface area contributed by atoms with Gasteiger partial charge in [0.1, 0.15) is 6.07 Å². The second kappa shape index (κ2) is 7.22. The van der Waals surface area contributed by atoms with Crippen molar-refractivity contribution in [2.45, 2.75) is 24.1 Å². The molecule has 1 atom stereocenters. The summed E-state index contributed by atoms with van der Waals surface area (Å²) in [5.74, 6) is 0.114. The number of rotatable bonds is 3. The minimum absolute atomic E-state index is 0.114. The van der Waals surface area contributed by atoms with Crippen molar-refractivity contribution in [3.63, 3.8) is 0 Å². The van der Waals surface area contributed by atoms with Gasteiger partial charge in [-0.2, -0.15) is 5.26 Å². The number of nitriles is 1. The standard InChI is InChI=1S/C20H20N4O2S/c1-13-11-18(27-14(2)20(25)23-7-9-26-10-8-23)24-17-6-4-3-5-16(17)22-19(24)15(13)12-21/h3-6,11,14H,7-10H2,1-2H3/t14-/m1/s1. The van der Waals surface area contributed by atoms with Gasteiger partial charge in [-0.05, 0) is 37.6 Å². The maximum atomic E-state index is 12.8. The number of morpholine rings is 1. The van der Waals surface area contributed by atoms with Crippen LogP contribution in [0.5, 0.6) is 0 Å². The van der Waals surface area contributed by atoms with E-state index in [1.165, 1.54) is 11.8 Å². The molecule has 7 heteroatoms. The number of carbonyl (C=O) groups excluding carboxylic acids is 1. The van der Waals surface area contributed by atoms with Gasteiger partial charge in [0.2, 0.25) is 5.91 Å². The lowest BCUT2D eigenvalue weighted by atomic mass is 10.2. The van der Waals surface area contributed by atoms with Gasteiger partial charge in [0.15, 0.2) is 5.65 Å². The van der Waals surface area contributed by atoms with Gasteiger partial charge in [-0.15, -0.1) is 0 Å². The zero-order chi connectivity index (χ0) is 19.0. The number of pyridine rings is 1. The fraction of sp³-hybridized carbons (Fsp3) is 0.350. The van der Waals surface area contributed by atoms with E-state index in [0.29, 0.717) is 37.5 Å². The van der Waals surface area contributed by atoms with Crippen molar-refractivity contribution in [2.24, 2.45) is 0 Å². The molecule has 1 fully saturated rings. The van der Waals surface area contributed by atoms with Gasteiger partial charge in [-0.3, -0.25) is 9.20 Å². The summed E-state index contributed by atoms with van der Waals surface area (Å²) >= 11 is 1.51. The number of fused-ring (bicyclic) bond motifs is 3. The van der Waals surface area contributed by atoms with Gasteiger partial charge in [0.05, 0.1) is 40.1 Å². The third-order valence-electron chi connectivity index (χ3n) is 4.82. The average molecular weight is 380 g/mol. The molecule has 1 amide bonds. The Kier molecular flexibility index (Phi) is 4.77. The number of carbonyl (C=O) groups is 1. The first-order valence-electron chi connectivity index (χ1n) is 8.94. The summed E-state index contributed by atoms with van der Waals surface area (Å²) in [4.78, 5) is 19.3. The largest absolute Gasteiger partial charge is 0.378 e. The van der Waals surface area contributed by atoms with E-state index in [-0.39, 0.29) is 11.2 Å². The minimum atomic E-state index is -0.236. The molecule has 2 aromatic heterocycles. The Bertz CT molecular complexity index is 1060. The van der Waals surface area contributed by atoms with Crippen LogP contribution in [-0.2, 0) is 9.53 Å². The molecule has 0 spiro atoms. The molecule has 3 heterocycles. The molecule has 0 unspecified atom stereocenters. The second-order valence-electron chi connectivity index (χ2n) is 6.61. The van der Waals surface area contributed by atoms with Crippen LogP contribution in [0.15, 0.2) is 35.4 Å². The van der Waals surface area contributed by atoms with E-state index in [1.807, 2.05) is 53.5 Å². The average Bonchev–Trinajstić information content (AvgIpc) is 3.07. The monoisotopic (exact) mass is 380 g/mol. The van der Waals surface area contributed by atoms with E-state index in [0.717, 1.165) is 21.6 Å². The van der Waals surface area contributed by atoms with Crippen LogP contribution in [0.1, 0.15) is 18.1 Å². The summed E-state index contributed by atoms with van der Waals surface area (Å²) in [7, 11) is 0. The number of nitrogens with zero attached hydrogens (tertiary/aromatic N) is 4. The van der Waals surface area contributed by atoms with Gasteiger partial charge < -0.3 is 9.64 Å².